The van der Waals surface area contributed by atoms with Crippen molar-refractivity contribution < 1.29 is 22.3 Å². The first kappa shape index (κ1) is 22.2. The van der Waals surface area contributed by atoms with E-state index in [4.69, 9.17) is 9.47 Å². The molecule has 32 heavy (non-hydrogen) atoms. The molecule has 0 bridgehead atoms. The van der Waals surface area contributed by atoms with E-state index in [-0.39, 0.29) is 32.8 Å². The highest BCUT2D eigenvalue weighted by Crippen LogP contribution is 2.30. The number of aromatic nitrogens is 3. The number of hydrogen-bond donors (Lipinski definition) is 0. The minimum atomic E-state index is -3.90. The summed E-state index contributed by atoms with van der Waals surface area (Å²) in [6.45, 7) is 0. The molecule has 0 amide bonds. The molecule has 0 radical (unpaired) electrons. The van der Waals surface area contributed by atoms with Crippen molar-refractivity contribution in [3.05, 3.63) is 76.7 Å². The van der Waals surface area contributed by atoms with Gasteiger partial charge in [0.2, 0.25) is 0 Å². The van der Waals surface area contributed by atoms with Crippen molar-refractivity contribution in [1.29, 1.82) is 0 Å². The molecule has 7 nitrogen and oxygen atoms in total. The quantitative estimate of drug-likeness (QED) is 0.351. The van der Waals surface area contributed by atoms with Gasteiger partial charge in [0.1, 0.15) is 27.8 Å². The Morgan fingerprint density at radius 2 is 1.72 bits per heavy atom. The summed E-state index contributed by atoms with van der Waals surface area (Å²) in [5, 5.41) is 0. The summed E-state index contributed by atoms with van der Waals surface area (Å²) in [4.78, 5) is 8.67. The molecule has 4 aromatic rings. The fourth-order valence-corrected chi connectivity index (χ4v) is 5.63. The van der Waals surface area contributed by atoms with Crippen LogP contribution in [0.2, 0.25) is 0 Å². The summed E-state index contributed by atoms with van der Waals surface area (Å²) in [5.41, 5.74) is 1.14. The fraction of sp³-hybridized carbons (Fsp3) is 0.182. The van der Waals surface area contributed by atoms with Crippen LogP contribution >= 0.6 is 15.9 Å². The lowest BCUT2D eigenvalue weighted by Crippen LogP contribution is -2.14. The minimum Gasteiger partial charge on any atom is -0.497 e. The zero-order valence-corrected chi connectivity index (χ0v) is 19.6. The fourth-order valence-electron chi connectivity index (χ4n) is 3.31. The van der Waals surface area contributed by atoms with E-state index in [1.807, 2.05) is 0 Å². The van der Waals surface area contributed by atoms with Gasteiger partial charge < -0.3 is 9.47 Å². The molecule has 0 saturated heterocycles. The van der Waals surface area contributed by atoms with Crippen molar-refractivity contribution in [1.82, 2.24) is 13.9 Å². The van der Waals surface area contributed by atoms with Gasteiger partial charge in [0, 0.05) is 12.5 Å². The summed E-state index contributed by atoms with van der Waals surface area (Å²) >= 11 is 3.27. The Morgan fingerprint density at radius 3 is 2.34 bits per heavy atom. The molecule has 0 aliphatic carbocycles. The standard InChI is InChI=1S/C22H19BrFN3O4S/c1-30-15-8-14(9-16(11-15)31-2)10-18(24)20-13-25-22-19(26-20)12-21(23)27(22)32(28,29)17-6-4-3-5-7-17/h3-9,11-13,18H,10H2,1-2H3. The Kier molecular flexibility index (Phi) is 6.16. The summed E-state index contributed by atoms with van der Waals surface area (Å²) in [7, 11) is -0.855. The normalized spacial score (nSPS) is 12.6. The largest absolute Gasteiger partial charge is 0.497 e. The summed E-state index contributed by atoms with van der Waals surface area (Å²) in [6, 6.07) is 14.7. The van der Waals surface area contributed by atoms with E-state index in [1.54, 1.807) is 36.4 Å². The molecule has 0 N–H and O–H groups in total. The van der Waals surface area contributed by atoms with Gasteiger partial charge in [-0.3, -0.25) is 0 Å². The summed E-state index contributed by atoms with van der Waals surface area (Å²) in [5.74, 6) is 1.11. The molecular formula is C22H19BrFN3O4S. The summed E-state index contributed by atoms with van der Waals surface area (Å²) in [6.07, 6.45) is -0.178. The van der Waals surface area contributed by atoms with Crippen LogP contribution in [0.1, 0.15) is 17.4 Å². The molecule has 2 aromatic heterocycles. The maximum atomic E-state index is 15.1. The first-order valence-corrected chi connectivity index (χ1v) is 11.8. The van der Waals surface area contributed by atoms with Gasteiger partial charge in [0.15, 0.2) is 5.65 Å². The van der Waals surface area contributed by atoms with E-state index in [9.17, 15) is 8.42 Å². The van der Waals surface area contributed by atoms with Gasteiger partial charge in [0.25, 0.3) is 10.0 Å². The molecule has 0 fully saturated rings. The SMILES string of the molecule is COc1cc(CC(F)c2cnc3c(cc(Br)n3S(=O)(=O)c3ccccc3)n2)cc(OC)c1. The third-order valence-electron chi connectivity index (χ3n) is 4.87. The highest BCUT2D eigenvalue weighted by Gasteiger charge is 2.24. The highest BCUT2D eigenvalue weighted by atomic mass is 79.9. The Hall–Kier alpha value is -2.98. The smallest absolute Gasteiger partial charge is 0.270 e. The second-order valence-corrected chi connectivity index (χ2v) is 9.55. The molecule has 10 heteroatoms. The van der Waals surface area contributed by atoms with Crippen LogP contribution in [0.3, 0.4) is 0 Å². The maximum absolute atomic E-state index is 15.1. The molecule has 1 atom stereocenters. The van der Waals surface area contributed by atoms with Crippen LogP contribution in [0.5, 0.6) is 11.5 Å². The van der Waals surface area contributed by atoms with Gasteiger partial charge in [-0.15, -0.1) is 0 Å². The Labute approximate surface area is 193 Å². The molecule has 2 aromatic carbocycles. The Morgan fingerprint density at radius 1 is 1.06 bits per heavy atom. The number of methoxy groups -OCH3 is 2. The van der Waals surface area contributed by atoms with Crippen LogP contribution in [-0.2, 0) is 16.4 Å². The number of hydrogen-bond acceptors (Lipinski definition) is 6. The molecule has 0 aliphatic heterocycles. The number of halogens is 2. The average molecular weight is 520 g/mol. The monoisotopic (exact) mass is 519 g/mol. The predicted octanol–water partition coefficient (Wildman–Crippen LogP) is 4.70. The van der Waals surface area contributed by atoms with Crippen LogP contribution in [0.25, 0.3) is 11.2 Å². The lowest BCUT2D eigenvalue weighted by Gasteiger charge is -2.11. The molecule has 0 spiro atoms. The third-order valence-corrected chi connectivity index (χ3v) is 7.40. The first-order chi connectivity index (χ1) is 15.3. The van der Waals surface area contributed by atoms with E-state index in [0.29, 0.717) is 17.1 Å². The molecule has 1 unspecified atom stereocenters. The van der Waals surface area contributed by atoms with Gasteiger partial charge in [-0.1, -0.05) is 18.2 Å². The lowest BCUT2D eigenvalue weighted by atomic mass is 10.1. The second-order valence-electron chi connectivity index (χ2n) is 6.95. The highest BCUT2D eigenvalue weighted by molar-refractivity contribution is 9.10. The molecule has 4 rings (SSSR count). The van der Waals surface area contributed by atoms with E-state index >= 15 is 4.39 Å². The van der Waals surface area contributed by atoms with Gasteiger partial charge in [-0.2, -0.15) is 0 Å². The van der Waals surface area contributed by atoms with Crippen LogP contribution in [-0.4, -0.2) is 36.6 Å². The maximum Gasteiger partial charge on any atom is 0.270 e. The topological polar surface area (TPSA) is 83.3 Å². The van der Waals surface area contributed by atoms with Crippen molar-refractivity contribution in [2.45, 2.75) is 17.5 Å². The van der Waals surface area contributed by atoms with E-state index in [0.717, 1.165) is 3.97 Å². The van der Waals surface area contributed by atoms with Crippen molar-refractivity contribution in [2.24, 2.45) is 0 Å². The van der Waals surface area contributed by atoms with Crippen LogP contribution in [0.4, 0.5) is 4.39 Å². The van der Waals surface area contributed by atoms with Crippen LogP contribution in [0.15, 0.2) is 70.3 Å². The third kappa shape index (κ3) is 4.20. The Balaban J connectivity index is 1.68. The predicted molar refractivity (Wildman–Crippen MR) is 121 cm³/mol. The van der Waals surface area contributed by atoms with E-state index < -0.39 is 16.2 Å². The number of benzene rings is 2. The summed E-state index contributed by atoms with van der Waals surface area (Å²) < 4.78 is 53.0. The minimum absolute atomic E-state index is 0.0257. The van der Waals surface area contributed by atoms with Gasteiger partial charge in [0.05, 0.1) is 31.0 Å². The number of ether oxygens (including phenoxy) is 2. The number of rotatable bonds is 7. The second kappa shape index (κ2) is 8.87. The molecule has 0 aliphatic rings. The van der Waals surface area contributed by atoms with Crippen LogP contribution < -0.4 is 9.47 Å². The number of fused-ring (bicyclic) bond motifs is 1. The van der Waals surface area contributed by atoms with Gasteiger partial charge in [-0.05, 0) is 51.8 Å². The van der Waals surface area contributed by atoms with Crippen LogP contribution in [0, 0.1) is 0 Å². The first-order valence-electron chi connectivity index (χ1n) is 9.54. The molecule has 166 valence electrons. The lowest BCUT2D eigenvalue weighted by molar-refractivity contribution is 0.332. The van der Waals surface area contributed by atoms with Crippen molar-refractivity contribution in [3.63, 3.8) is 0 Å². The van der Waals surface area contributed by atoms with Gasteiger partial charge in [-0.25, -0.2) is 26.7 Å². The number of alkyl halides is 1. The van der Waals surface area contributed by atoms with Gasteiger partial charge >= 0.3 is 0 Å². The molecule has 2 heterocycles. The van der Waals surface area contributed by atoms with Crippen molar-refractivity contribution >= 4 is 37.1 Å². The molecule has 0 saturated carbocycles. The zero-order valence-electron chi connectivity index (χ0n) is 17.2. The van der Waals surface area contributed by atoms with E-state index in [1.165, 1.54) is 38.6 Å². The van der Waals surface area contributed by atoms with Crippen molar-refractivity contribution in [2.75, 3.05) is 14.2 Å². The van der Waals surface area contributed by atoms with Crippen molar-refractivity contribution in [3.8, 4) is 11.5 Å². The average Bonchev–Trinajstić information content (AvgIpc) is 3.14. The van der Waals surface area contributed by atoms with E-state index in [2.05, 4.69) is 25.9 Å². The number of nitrogens with zero attached hydrogens (tertiary/aromatic N) is 3. The zero-order chi connectivity index (χ0) is 22.9. The Bertz CT molecular complexity index is 1350. The molecular weight excluding hydrogens is 501 g/mol.